The minimum Gasteiger partial charge on any atom is -0.494 e. The summed E-state index contributed by atoms with van der Waals surface area (Å²) in [5.41, 5.74) is 2.05. The molecule has 122 valence electrons. The van der Waals surface area contributed by atoms with Crippen molar-refractivity contribution in [3.05, 3.63) is 12.1 Å². The average molecular weight is 318 g/mol. The number of rotatable bonds is 6. The third kappa shape index (κ3) is 3.39. The van der Waals surface area contributed by atoms with Crippen LogP contribution < -0.4 is 15.4 Å². The van der Waals surface area contributed by atoms with Crippen molar-refractivity contribution in [3.8, 4) is 17.1 Å². The summed E-state index contributed by atoms with van der Waals surface area (Å²) < 4.78 is 10.8. The number of tetrazole rings is 1. The number of carbonyl (C=O) groups excluding carboxylic acids is 1. The Hall–Kier alpha value is -2.68. The molecule has 1 saturated heterocycles. The number of ether oxygens (including phenoxy) is 2. The van der Waals surface area contributed by atoms with Crippen molar-refractivity contribution in [2.45, 2.75) is 19.4 Å². The van der Waals surface area contributed by atoms with Crippen LogP contribution in [-0.4, -0.2) is 52.9 Å². The summed E-state index contributed by atoms with van der Waals surface area (Å²) in [5.74, 6) is 0.854. The van der Waals surface area contributed by atoms with E-state index in [2.05, 4.69) is 31.3 Å². The first kappa shape index (κ1) is 15.2. The zero-order valence-corrected chi connectivity index (χ0v) is 12.9. The zero-order chi connectivity index (χ0) is 16.2. The van der Waals surface area contributed by atoms with Crippen molar-refractivity contribution in [2.24, 2.45) is 0 Å². The van der Waals surface area contributed by atoms with Crippen LogP contribution in [0.15, 0.2) is 12.1 Å². The first-order valence-corrected chi connectivity index (χ1v) is 7.26. The Balaban J connectivity index is 1.95. The van der Waals surface area contributed by atoms with E-state index in [9.17, 15) is 4.79 Å². The highest BCUT2D eigenvalue weighted by Gasteiger charge is 2.20. The number of methoxy groups -OCH3 is 1. The third-order valence-electron chi connectivity index (χ3n) is 3.56. The van der Waals surface area contributed by atoms with Crippen LogP contribution in [0.4, 0.5) is 11.4 Å². The number of hydrogen-bond acceptors (Lipinski definition) is 7. The molecule has 0 bridgehead atoms. The molecule has 3 rings (SSSR count). The number of nitrogens with zero attached hydrogens (tertiary/aromatic N) is 3. The van der Waals surface area contributed by atoms with Gasteiger partial charge in [-0.15, -0.1) is 5.10 Å². The van der Waals surface area contributed by atoms with Gasteiger partial charge in [-0.3, -0.25) is 4.79 Å². The molecule has 0 saturated carbocycles. The van der Waals surface area contributed by atoms with Gasteiger partial charge in [0, 0.05) is 25.6 Å². The van der Waals surface area contributed by atoms with Gasteiger partial charge in [-0.05, 0) is 29.0 Å². The summed E-state index contributed by atoms with van der Waals surface area (Å²) in [6.07, 6.45) is 1.20. The van der Waals surface area contributed by atoms with Crippen molar-refractivity contribution in [2.75, 3.05) is 30.9 Å². The Bertz CT molecular complexity index is 684. The van der Waals surface area contributed by atoms with Gasteiger partial charge in [-0.1, -0.05) is 0 Å². The Morgan fingerprint density at radius 3 is 2.91 bits per heavy atom. The first-order chi connectivity index (χ1) is 11.2. The van der Waals surface area contributed by atoms with Crippen LogP contribution in [0.1, 0.15) is 13.3 Å². The van der Waals surface area contributed by atoms with Gasteiger partial charge < -0.3 is 20.1 Å². The molecule has 1 amide bonds. The summed E-state index contributed by atoms with van der Waals surface area (Å²) in [6.45, 7) is 2.89. The third-order valence-corrected chi connectivity index (χ3v) is 3.56. The maximum atomic E-state index is 11.5. The van der Waals surface area contributed by atoms with E-state index in [0.717, 1.165) is 24.3 Å². The van der Waals surface area contributed by atoms with Crippen LogP contribution >= 0.6 is 0 Å². The molecule has 9 nitrogen and oxygen atoms in total. The van der Waals surface area contributed by atoms with Gasteiger partial charge in [0.25, 0.3) is 0 Å². The predicted octanol–water partition coefficient (Wildman–Crippen LogP) is 1.03. The van der Waals surface area contributed by atoms with Crippen molar-refractivity contribution in [1.82, 2.24) is 20.6 Å². The number of aromatic nitrogens is 4. The lowest BCUT2D eigenvalue weighted by atomic mass is 10.1. The number of carbonyl (C=O) groups is 1. The lowest BCUT2D eigenvalue weighted by molar-refractivity contribution is -0.114. The molecule has 2 aromatic rings. The minimum absolute atomic E-state index is 0.180. The number of amides is 1. The number of nitrogens with one attached hydrogen (secondary N) is 3. The van der Waals surface area contributed by atoms with E-state index in [-0.39, 0.29) is 12.0 Å². The van der Waals surface area contributed by atoms with Crippen LogP contribution in [-0.2, 0) is 9.53 Å². The topological polar surface area (TPSA) is 114 Å². The molecule has 1 aromatic heterocycles. The minimum atomic E-state index is -0.180. The van der Waals surface area contributed by atoms with E-state index in [0.29, 0.717) is 23.8 Å². The standard InChI is InChI=1S/C14H18N6O3/c1-8(21)16-13-11(15-7-10-3-4-23-10)5-9(6-12(13)22-2)14-17-19-20-18-14/h5-6,10,15H,3-4,7H2,1-2H3,(H,16,21)(H,17,18,19,20). The lowest BCUT2D eigenvalue weighted by Crippen LogP contribution is -2.33. The Morgan fingerprint density at radius 1 is 1.52 bits per heavy atom. The van der Waals surface area contributed by atoms with Crippen molar-refractivity contribution in [3.63, 3.8) is 0 Å². The molecule has 0 aliphatic carbocycles. The highest BCUT2D eigenvalue weighted by atomic mass is 16.5. The molecule has 1 aliphatic rings. The maximum absolute atomic E-state index is 11.5. The quantitative estimate of drug-likeness (QED) is 0.729. The van der Waals surface area contributed by atoms with E-state index >= 15 is 0 Å². The second-order valence-corrected chi connectivity index (χ2v) is 5.19. The van der Waals surface area contributed by atoms with E-state index in [1.807, 2.05) is 6.07 Å². The first-order valence-electron chi connectivity index (χ1n) is 7.26. The van der Waals surface area contributed by atoms with Gasteiger partial charge in [-0.25, -0.2) is 5.10 Å². The molecule has 0 spiro atoms. The normalized spacial score (nSPS) is 16.5. The predicted molar refractivity (Wildman–Crippen MR) is 83.3 cm³/mol. The molecule has 1 aromatic carbocycles. The second-order valence-electron chi connectivity index (χ2n) is 5.19. The molecule has 3 N–H and O–H groups in total. The molecule has 1 fully saturated rings. The molecule has 2 heterocycles. The number of hydrogen-bond donors (Lipinski definition) is 3. The Labute approximate surface area is 132 Å². The monoisotopic (exact) mass is 318 g/mol. The summed E-state index contributed by atoms with van der Waals surface area (Å²) >= 11 is 0. The van der Waals surface area contributed by atoms with Crippen molar-refractivity contribution < 1.29 is 14.3 Å². The smallest absolute Gasteiger partial charge is 0.221 e. The summed E-state index contributed by atoms with van der Waals surface area (Å²) in [5, 5.41) is 19.9. The lowest BCUT2D eigenvalue weighted by Gasteiger charge is -2.27. The van der Waals surface area contributed by atoms with Gasteiger partial charge >= 0.3 is 0 Å². The van der Waals surface area contributed by atoms with Gasteiger partial charge in [0.15, 0.2) is 5.82 Å². The number of H-pyrrole nitrogens is 1. The van der Waals surface area contributed by atoms with Crippen molar-refractivity contribution in [1.29, 1.82) is 0 Å². The summed E-state index contributed by atoms with van der Waals surface area (Å²) in [4.78, 5) is 11.5. The van der Waals surface area contributed by atoms with Crippen molar-refractivity contribution >= 4 is 17.3 Å². The van der Waals surface area contributed by atoms with E-state index < -0.39 is 0 Å². The Kier molecular flexibility index (Phi) is 4.38. The number of benzene rings is 1. The van der Waals surface area contributed by atoms with Crippen LogP contribution in [0.2, 0.25) is 0 Å². The highest BCUT2D eigenvalue weighted by Crippen LogP contribution is 2.37. The maximum Gasteiger partial charge on any atom is 0.221 e. The summed E-state index contributed by atoms with van der Waals surface area (Å²) in [7, 11) is 1.54. The zero-order valence-electron chi connectivity index (χ0n) is 12.9. The molecule has 1 aliphatic heterocycles. The van der Waals surface area contributed by atoms with Gasteiger partial charge in [0.1, 0.15) is 11.4 Å². The number of anilines is 2. The van der Waals surface area contributed by atoms with E-state index in [4.69, 9.17) is 9.47 Å². The fourth-order valence-electron chi connectivity index (χ4n) is 2.31. The fraction of sp³-hybridized carbons (Fsp3) is 0.429. The van der Waals surface area contributed by atoms with Gasteiger partial charge in [-0.2, -0.15) is 0 Å². The van der Waals surface area contributed by atoms with E-state index in [1.165, 1.54) is 6.92 Å². The van der Waals surface area contributed by atoms with E-state index in [1.54, 1.807) is 13.2 Å². The van der Waals surface area contributed by atoms with Crippen LogP contribution in [0.3, 0.4) is 0 Å². The molecular formula is C14H18N6O3. The molecule has 0 radical (unpaired) electrons. The van der Waals surface area contributed by atoms with Crippen LogP contribution in [0.25, 0.3) is 11.4 Å². The summed E-state index contributed by atoms with van der Waals surface area (Å²) in [6, 6.07) is 3.62. The van der Waals surface area contributed by atoms with Gasteiger partial charge in [0.05, 0.1) is 18.9 Å². The van der Waals surface area contributed by atoms with Crippen LogP contribution in [0.5, 0.6) is 5.75 Å². The van der Waals surface area contributed by atoms with Gasteiger partial charge in [0.2, 0.25) is 5.91 Å². The molecule has 1 unspecified atom stereocenters. The Morgan fingerprint density at radius 2 is 2.35 bits per heavy atom. The largest absolute Gasteiger partial charge is 0.494 e. The fourth-order valence-corrected chi connectivity index (χ4v) is 2.31. The molecule has 23 heavy (non-hydrogen) atoms. The van der Waals surface area contributed by atoms with Crippen LogP contribution in [0, 0.1) is 0 Å². The molecule has 1 atom stereocenters. The highest BCUT2D eigenvalue weighted by molar-refractivity contribution is 5.96. The molecular weight excluding hydrogens is 300 g/mol. The molecule has 9 heteroatoms. The second kappa shape index (κ2) is 6.61. The number of aromatic amines is 1. The average Bonchev–Trinajstić information content (AvgIpc) is 3.00. The SMILES string of the molecule is COc1cc(-c2nnn[nH]2)cc(NCC2CCO2)c1NC(C)=O.